The first kappa shape index (κ1) is 11.4. The van der Waals surface area contributed by atoms with Crippen molar-refractivity contribution < 1.29 is 0 Å². The molecule has 0 saturated carbocycles. The predicted molar refractivity (Wildman–Crippen MR) is 70.5 cm³/mol. The molecule has 1 aliphatic carbocycles. The molecule has 0 fully saturated rings. The van der Waals surface area contributed by atoms with E-state index in [0.717, 1.165) is 12.8 Å². The van der Waals surface area contributed by atoms with Gasteiger partial charge >= 0.3 is 0 Å². The van der Waals surface area contributed by atoms with E-state index in [2.05, 4.69) is 45.9 Å². The van der Waals surface area contributed by atoms with E-state index in [1.807, 2.05) is 0 Å². The van der Waals surface area contributed by atoms with E-state index in [9.17, 15) is 0 Å². The van der Waals surface area contributed by atoms with Crippen molar-refractivity contribution in [2.45, 2.75) is 46.1 Å². The first-order valence-electron chi connectivity index (χ1n) is 5.99. The lowest BCUT2D eigenvalue weighted by atomic mass is 9.79. The quantitative estimate of drug-likeness (QED) is 0.763. The molecule has 2 rings (SSSR count). The lowest BCUT2D eigenvalue weighted by Gasteiger charge is -2.30. The van der Waals surface area contributed by atoms with Crippen LogP contribution in [0.4, 0.5) is 0 Å². The Bertz CT molecular complexity index is 447. The molecule has 0 radical (unpaired) electrons. The largest absolute Gasteiger partial charge is 0.322 e. The van der Waals surface area contributed by atoms with Gasteiger partial charge in [0.25, 0.3) is 0 Å². The van der Waals surface area contributed by atoms with E-state index in [4.69, 9.17) is 5.73 Å². The van der Waals surface area contributed by atoms with Crippen molar-refractivity contribution >= 4 is 5.57 Å². The number of allylic oxidation sites excluding steroid dienone is 1. The summed E-state index contributed by atoms with van der Waals surface area (Å²) in [7, 11) is 0. The van der Waals surface area contributed by atoms with Gasteiger partial charge in [-0.15, -0.1) is 0 Å². The third-order valence-corrected chi connectivity index (χ3v) is 3.29. The lowest BCUT2D eigenvalue weighted by molar-refractivity contribution is 0.666. The number of fused-ring (bicyclic) bond motifs is 1. The van der Waals surface area contributed by atoms with E-state index in [1.165, 1.54) is 27.8 Å². The van der Waals surface area contributed by atoms with Gasteiger partial charge in [-0.1, -0.05) is 23.8 Å². The molecule has 0 atom stereocenters. The van der Waals surface area contributed by atoms with Gasteiger partial charge in [0.1, 0.15) is 0 Å². The Labute approximate surface area is 98.4 Å². The zero-order valence-electron chi connectivity index (χ0n) is 10.7. The molecule has 0 amide bonds. The summed E-state index contributed by atoms with van der Waals surface area (Å²) >= 11 is 0. The van der Waals surface area contributed by atoms with Crippen molar-refractivity contribution in [3.63, 3.8) is 0 Å². The average molecular weight is 215 g/mol. The Hall–Kier alpha value is -1.08. The van der Waals surface area contributed by atoms with Crippen LogP contribution in [-0.2, 0) is 6.42 Å². The zero-order valence-corrected chi connectivity index (χ0v) is 10.7. The number of nitrogens with two attached hydrogens (primary N) is 1. The molecule has 0 spiro atoms. The molecule has 1 heteroatoms. The van der Waals surface area contributed by atoms with E-state index < -0.39 is 0 Å². The minimum atomic E-state index is -0.241. The molecular weight excluding hydrogens is 194 g/mol. The molecule has 0 unspecified atom stereocenters. The molecule has 2 N–H and O–H groups in total. The predicted octanol–water partition coefficient (Wildman–Crippen LogP) is 3.37. The molecule has 0 bridgehead atoms. The van der Waals surface area contributed by atoms with Crippen LogP contribution in [0.15, 0.2) is 18.2 Å². The van der Waals surface area contributed by atoms with Crippen LogP contribution in [-0.4, -0.2) is 5.54 Å². The highest BCUT2D eigenvalue weighted by atomic mass is 14.7. The van der Waals surface area contributed by atoms with Crippen LogP contribution in [0.2, 0.25) is 0 Å². The van der Waals surface area contributed by atoms with Gasteiger partial charge in [-0.25, -0.2) is 0 Å². The summed E-state index contributed by atoms with van der Waals surface area (Å²) in [5, 5.41) is 0. The number of rotatable bonds is 1. The summed E-state index contributed by atoms with van der Waals surface area (Å²) < 4.78 is 0. The smallest absolute Gasteiger partial charge is 0.0355 e. The SMILES string of the molecule is Cc1cc(C)c2c(c1)CCC=C2C(C)(C)N. The van der Waals surface area contributed by atoms with Gasteiger partial charge in [0.2, 0.25) is 0 Å². The third kappa shape index (κ3) is 1.92. The minimum absolute atomic E-state index is 0.241. The van der Waals surface area contributed by atoms with E-state index in [1.54, 1.807) is 0 Å². The second kappa shape index (κ2) is 3.74. The Morgan fingerprint density at radius 2 is 1.88 bits per heavy atom. The molecule has 0 aliphatic heterocycles. The van der Waals surface area contributed by atoms with Crippen molar-refractivity contribution in [3.05, 3.63) is 40.5 Å². The Morgan fingerprint density at radius 3 is 2.50 bits per heavy atom. The van der Waals surface area contributed by atoms with Gasteiger partial charge in [-0.2, -0.15) is 0 Å². The first-order chi connectivity index (χ1) is 7.39. The van der Waals surface area contributed by atoms with Crippen molar-refractivity contribution in [2.24, 2.45) is 5.73 Å². The normalized spacial score (nSPS) is 15.7. The van der Waals surface area contributed by atoms with Crippen molar-refractivity contribution in [3.8, 4) is 0 Å². The Balaban J connectivity index is 2.62. The number of hydrogen-bond donors (Lipinski definition) is 1. The molecule has 16 heavy (non-hydrogen) atoms. The highest BCUT2D eigenvalue weighted by Gasteiger charge is 2.25. The van der Waals surface area contributed by atoms with Gasteiger partial charge in [0.15, 0.2) is 0 Å². The van der Waals surface area contributed by atoms with Crippen LogP contribution >= 0.6 is 0 Å². The fourth-order valence-corrected chi connectivity index (χ4v) is 2.70. The summed E-state index contributed by atoms with van der Waals surface area (Å²) in [5.74, 6) is 0. The Morgan fingerprint density at radius 1 is 1.19 bits per heavy atom. The van der Waals surface area contributed by atoms with E-state index in [-0.39, 0.29) is 5.54 Å². The first-order valence-corrected chi connectivity index (χ1v) is 5.99. The highest BCUT2D eigenvalue weighted by Crippen LogP contribution is 2.35. The van der Waals surface area contributed by atoms with Crippen LogP contribution < -0.4 is 5.73 Å². The lowest BCUT2D eigenvalue weighted by Crippen LogP contribution is -2.34. The molecule has 0 saturated heterocycles. The van der Waals surface area contributed by atoms with Crippen LogP contribution in [0.3, 0.4) is 0 Å². The maximum atomic E-state index is 6.26. The van der Waals surface area contributed by atoms with Gasteiger partial charge in [-0.3, -0.25) is 0 Å². The maximum Gasteiger partial charge on any atom is 0.0355 e. The minimum Gasteiger partial charge on any atom is -0.322 e. The molecule has 1 aliphatic rings. The molecule has 1 aromatic carbocycles. The monoisotopic (exact) mass is 215 g/mol. The second-order valence-electron chi connectivity index (χ2n) is 5.49. The van der Waals surface area contributed by atoms with Crippen molar-refractivity contribution in [1.29, 1.82) is 0 Å². The van der Waals surface area contributed by atoms with Crippen LogP contribution in [0.5, 0.6) is 0 Å². The van der Waals surface area contributed by atoms with Crippen LogP contribution in [0, 0.1) is 13.8 Å². The van der Waals surface area contributed by atoms with E-state index >= 15 is 0 Å². The Kier molecular flexibility index (Phi) is 2.67. The van der Waals surface area contributed by atoms with Crippen LogP contribution in [0.25, 0.3) is 5.57 Å². The number of aryl methyl sites for hydroxylation is 3. The molecular formula is C15H21N. The standard InChI is InChI=1S/C15H21N/c1-10-8-11(2)14-12(9-10)6-5-7-13(14)15(3,4)16/h7-9H,5-6,16H2,1-4H3. The molecule has 0 aromatic heterocycles. The van der Waals surface area contributed by atoms with Crippen molar-refractivity contribution in [1.82, 2.24) is 0 Å². The summed E-state index contributed by atoms with van der Waals surface area (Å²) in [4.78, 5) is 0. The van der Waals surface area contributed by atoms with Crippen molar-refractivity contribution in [2.75, 3.05) is 0 Å². The molecule has 0 heterocycles. The summed E-state index contributed by atoms with van der Waals surface area (Å²) in [6.45, 7) is 8.54. The van der Waals surface area contributed by atoms with Gasteiger partial charge < -0.3 is 5.73 Å². The average Bonchev–Trinajstić information content (AvgIpc) is 2.14. The fraction of sp³-hybridized carbons (Fsp3) is 0.467. The number of hydrogen-bond acceptors (Lipinski definition) is 1. The van der Waals surface area contributed by atoms with E-state index in [0.29, 0.717) is 0 Å². The topological polar surface area (TPSA) is 26.0 Å². The maximum absolute atomic E-state index is 6.26. The zero-order chi connectivity index (χ0) is 11.9. The second-order valence-corrected chi connectivity index (χ2v) is 5.49. The molecule has 1 aromatic rings. The van der Waals surface area contributed by atoms with Gasteiger partial charge in [-0.05, 0) is 62.8 Å². The summed E-state index contributed by atoms with van der Waals surface area (Å²) in [5.41, 5.74) is 12.9. The summed E-state index contributed by atoms with van der Waals surface area (Å²) in [6, 6.07) is 4.56. The van der Waals surface area contributed by atoms with Gasteiger partial charge in [0, 0.05) is 5.54 Å². The van der Waals surface area contributed by atoms with Crippen LogP contribution in [0.1, 0.15) is 42.5 Å². The molecule has 1 nitrogen and oxygen atoms in total. The summed E-state index contributed by atoms with van der Waals surface area (Å²) in [6.07, 6.45) is 4.58. The number of benzene rings is 1. The highest BCUT2D eigenvalue weighted by molar-refractivity contribution is 5.78. The fourth-order valence-electron chi connectivity index (χ4n) is 2.70. The van der Waals surface area contributed by atoms with Gasteiger partial charge in [0.05, 0.1) is 0 Å². The third-order valence-electron chi connectivity index (χ3n) is 3.29. The molecule has 86 valence electrons.